The number of hydrogen-bond donors (Lipinski definition) is 0. The number of allylic oxidation sites excluding steroid dienone is 1. The molecule has 212 valence electrons. The molecule has 40 heavy (non-hydrogen) atoms. The molecule has 9 heteroatoms. The number of Topliss-reactive ketones (excluding diaryl/α,β-unsaturated/α-hetero) is 1. The molecule has 0 N–H and O–H groups in total. The van der Waals surface area contributed by atoms with E-state index in [1.807, 2.05) is 18.2 Å². The Morgan fingerprint density at radius 1 is 0.875 bits per heavy atom. The number of nitrogens with zero attached hydrogens (tertiary/aromatic N) is 1. The molecule has 4 rings (SSSR count). The number of benzene rings is 2. The number of ether oxygens (including phenoxy) is 5. The lowest BCUT2D eigenvalue weighted by atomic mass is 9.62. The van der Waals surface area contributed by atoms with Gasteiger partial charge in [0.2, 0.25) is 0 Å². The van der Waals surface area contributed by atoms with E-state index in [-0.39, 0.29) is 24.6 Å². The van der Waals surface area contributed by atoms with Crippen LogP contribution in [-0.2, 0) is 23.9 Å². The number of rotatable bonds is 9. The van der Waals surface area contributed by atoms with Crippen molar-refractivity contribution in [3.8, 4) is 17.2 Å². The lowest BCUT2D eigenvalue weighted by Gasteiger charge is -2.41. The predicted molar refractivity (Wildman–Crippen MR) is 148 cm³/mol. The molecule has 4 atom stereocenters. The summed E-state index contributed by atoms with van der Waals surface area (Å²) in [6.45, 7) is 5.42. The van der Waals surface area contributed by atoms with E-state index in [1.54, 1.807) is 59.3 Å². The van der Waals surface area contributed by atoms with Gasteiger partial charge in [-0.05, 0) is 44.9 Å². The van der Waals surface area contributed by atoms with Crippen LogP contribution in [0.3, 0.4) is 0 Å². The number of fused-ring (bicyclic) bond motifs is 1. The van der Waals surface area contributed by atoms with Gasteiger partial charge < -0.3 is 23.7 Å². The minimum atomic E-state index is -1.13. The van der Waals surface area contributed by atoms with Crippen molar-refractivity contribution in [2.24, 2.45) is 16.8 Å². The zero-order chi connectivity index (χ0) is 29.0. The largest absolute Gasteiger partial charge is 0.497 e. The molecule has 2 aromatic rings. The van der Waals surface area contributed by atoms with Crippen molar-refractivity contribution in [3.63, 3.8) is 0 Å². The van der Waals surface area contributed by atoms with Crippen LogP contribution >= 0.6 is 0 Å². The SMILES string of the molecule is CCOC(=O)C1=C(C)N=C2C[C@@H](c3ccccc3OC)[C@H](C(=O)OCC)C(=O)C2[C@@H]1c1ccc(OC)cc1OC. The fourth-order valence-corrected chi connectivity index (χ4v) is 5.83. The van der Waals surface area contributed by atoms with Gasteiger partial charge in [-0.25, -0.2) is 4.79 Å². The van der Waals surface area contributed by atoms with Gasteiger partial charge in [-0.1, -0.05) is 24.3 Å². The number of para-hydroxylation sites is 1. The van der Waals surface area contributed by atoms with Crippen molar-refractivity contribution >= 4 is 23.4 Å². The summed E-state index contributed by atoms with van der Waals surface area (Å²) in [5.41, 5.74) is 2.60. The summed E-state index contributed by atoms with van der Waals surface area (Å²) in [5, 5.41) is 0. The molecule has 1 unspecified atom stereocenters. The van der Waals surface area contributed by atoms with E-state index < -0.39 is 35.6 Å². The molecular formula is C31H35NO8. The minimum Gasteiger partial charge on any atom is -0.497 e. The summed E-state index contributed by atoms with van der Waals surface area (Å²) < 4.78 is 27.5. The first-order chi connectivity index (χ1) is 19.3. The Kier molecular flexibility index (Phi) is 8.92. The lowest BCUT2D eigenvalue weighted by Crippen LogP contribution is -2.49. The standard InChI is InChI=1S/C31H35NO8/c1-7-39-30(34)25-17(3)32-22-16-21(19-11-9-10-12-23(19)37-5)27(31(35)40-8-2)29(33)28(22)26(25)20-14-13-18(36-4)15-24(20)38-6/h9-15,21,26-28H,7-8,16H2,1-6H3/t21-,26+,27-,28?/m0/s1. The molecule has 0 radical (unpaired) electrons. The van der Waals surface area contributed by atoms with Crippen LogP contribution in [0.5, 0.6) is 17.2 Å². The highest BCUT2D eigenvalue weighted by Gasteiger charge is 2.53. The molecule has 0 saturated heterocycles. The Labute approximate surface area is 234 Å². The molecule has 1 fully saturated rings. The Morgan fingerprint density at radius 2 is 1.57 bits per heavy atom. The van der Waals surface area contributed by atoms with Crippen LogP contribution < -0.4 is 14.2 Å². The minimum absolute atomic E-state index is 0.121. The van der Waals surface area contributed by atoms with Crippen LogP contribution in [0, 0.1) is 11.8 Å². The molecule has 2 aromatic carbocycles. The Bertz CT molecular complexity index is 1360. The van der Waals surface area contributed by atoms with E-state index in [9.17, 15) is 14.4 Å². The number of hydrogen-bond acceptors (Lipinski definition) is 9. The van der Waals surface area contributed by atoms with E-state index in [0.29, 0.717) is 46.2 Å². The van der Waals surface area contributed by atoms with Gasteiger partial charge in [0.25, 0.3) is 0 Å². The number of esters is 2. The van der Waals surface area contributed by atoms with Gasteiger partial charge in [-0.2, -0.15) is 0 Å². The second-order valence-electron chi connectivity index (χ2n) is 9.57. The van der Waals surface area contributed by atoms with Crippen LogP contribution in [-0.4, -0.2) is 58.0 Å². The maximum absolute atomic E-state index is 14.5. The summed E-state index contributed by atoms with van der Waals surface area (Å²) in [4.78, 5) is 46.1. The normalized spacial score (nSPS) is 22.1. The Hall–Kier alpha value is -4.14. The lowest BCUT2D eigenvalue weighted by molar-refractivity contribution is -0.153. The molecule has 1 aliphatic heterocycles. The van der Waals surface area contributed by atoms with Crippen molar-refractivity contribution in [1.82, 2.24) is 0 Å². The third-order valence-electron chi connectivity index (χ3n) is 7.50. The van der Waals surface area contributed by atoms with Crippen LogP contribution in [0.15, 0.2) is 58.7 Å². The second kappa shape index (κ2) is 12.4. The molecule has 1 heterocycles. The third-order valence-corrected chi connectivity index (χ3v) is 7.50. The van der Waals surface area contributed by atoms with Gasteiger partial charge in [0, 0.05) is 34.9 Å². The number of carbonyl (C=O) groups excluding carboxylic acids is 3. The van der Waals surface area contributed by atoms with Crippen molar-refractivity contribution in [2.75, 3.05) is 34.5 Å². The number of carbonyl (C=O) groups is 3. The van der Waals surface area contributed by atoms with Crippen molar-refractivity contribution < 1.29 is 38.1 Å². The fraction of sp³-hybridized carbons (Fsp3) is 0.419. The van der Waals surface area contributed by atoms with E-state index in [2.05, 4.69) is 0 Å². The zero-order valence-electron chi connectivity index (χ0n) is 23.7. The van der Waals surface area contributed by atoms with E-state index in [4.69, 9.17) is 28.7 Å². The first kappa shape index (κ1) is 28.9. The first-order valence-electron chi connectivity index (χ1n) is 13.3. The monoisotopic (exact) mass is 549 g/mol. The van der Waals surface area contributed by atoms with Crippen LogP contribution in [0.25, 0.3) is 0 Å². The van der Waals surface area contributed by atoms with Gasteiger partial charge in [0.15, 0.2) is 5.78 Å². The molecule has 1 saturated carbocycles. The quantitative estimate of drug-likeness (QED) is 0.329. The highest BCUT2D eigenvalue weighted by atomic mass is 16.5. The Morgan fingerprint density at radius 3 is 2.23 bits per heavy atom. The highest BCUT2D eigenvalue weighted by molar-refractivity contribution is 6.18. The molecular weight excluding hydrogens is 514 g/mol. The van der Waals surface area contributed by atoms with Crippen molar-refractivity contribution in [1.29, 1.82) is 0 Å². The van der Waals surface area contributed by atoms with E-state index in [0.717, 1.165) is 0 Å². The summed E-state index contributed by atoms with van der Waals surface area (Å²) in [6, 6.07) is 12.5. The number of methoxy groups -OCH3 is 3. The maximum Gasteiger partial charge on any atom is 0.336 e. The molecule has 0 spiro atoms. The van der Waals surface area contributed by atoms with Gasteiger partial charge in [-0.15, -0.1) is 0 Å². The molecule has 2 aliphatic rings. The summed E-state index contributed by atoms with van der Waals surface area (Å²) in [7, 11) is 4.60. The number of ketones is 1. The topological polar surface area (TPSA) is 110 Å². The second-order valence-corrected chi connectivity index (χ2v) is 9.57. The van der Waals surface area contributed by atoms with Crippen LogP contribution in [0.4, 0.5) is 0 Å². The summed E-state index contributed by atoms with van der Waals surface area (Å²) in [5.74, 6) is -3.41. The first-order valence-corrected chi connectivity index (χ1v) is 13.3. The summed E-state index contributed by atoms with van der Waals surface area (Å²) in [6.07, 6.45) is 0.294. The smallest absolute Gasteiger partial charge is 0.336 e. The van der Waals surface area contributed by atoms with Crippen molar-refractivity contribution in [3.05, 3.63) is 64.9 Å². The van der Waals surface area contributed by atoms with Crippen molar-refractivity contribution in [2.45, 2.75) is 39.0 Å². The fourth-order valence-electron chi connectivity index (χ4n) is 5.83. The summed E-state index contributed by atoms with van der Waals surface area (Å²) >= 11 is 0. The van der Waals surface area contributed by atoms with E-state index in [1.165, 1.54) is 7.11 Å². The third kappa shape index (κ3) is 5.20. The average Bonchev–Trinajstić information content (AvgIpc) is 2.96. The highest BCUT2D eigenvalue weighted by Crippen LogP contribution is 2.51. The van der Waals surface area contributed by atoms with Gasteiger partial charge in [-0.3, -0.25) is 14.6 Å². The van der Waals surface area contributed by atoms with Crippen LogP contribution in [0.1, 0.15) is 50.2 Å². The van der Waals surface area contributed by atoms with Gasteiger partial charge in [0.1, 0.15) is 23.2 Å². The average molecular weight is 550 g/mol. The molecule has 9 nitrogen and oxygen atoms in total. The molecule has 0 aromatic heterocycles. The molecule has 0 amide bonds. The molecule has 0 bridgehead atoms. The molecule has 1 aliphatic carbocycles. The zero-order valence-corrected chi connectivity index (χ0v) is 23.7. The number of aliphatic imine (C=N–C) groups is 1. The van der Waals surface area contributed by atoms with Gasteiger partial charge in [0.05, 0.1) is 46.0 Å². The maximum atomic E-state index is 14.5. The van der Waals surface area contributed by atoms with Crippen LogP contribution in [0.2, 0.25) is 0 Å². The van der Waals surface area contributed by atoms with Gasteiger partial charge >= 0.3 is 11.9 Å². The van der Waals surface area contributed by atoms with E-state index >= 15 is 0 Å². The Balaban J connectivity index is 1.95. The predicted octanol–water partition coefficient (Wildman–Crippen LogP) is 4.64.